The SMILES string of the molecule is c1csc(CCNCCc2nc3ccccc3s2)c1. The van der Waals surface area contributed by atoms with Crippen LogP contribution < -0.4 is 5.32 Å². The molecule has 0 atom stereocenters. The number of nitrogens with one attached hydrogen (secondary N) is 1. The van der Waals surface area contributed by atoms with E-state index >= 15 is 0 Å². The lowest BCUT2D eigenvalue weighted by Crippen LogP contribution is -2.19. The summed E-state index contributed by atoms with van der Waals surface area (Å²) in [6.07, 6.45) is 2.14. The van der Waals surface area contributed by atoms with Crippen LogP contribution in [0.4, 0.5) is 0 Å². The highest BCUT2D eigenvalue weighted by Gasteiger charge is 2.02. The minimum atomic E-state index is 1.01. The number of para-hydroxylation sites is 1. The highest BCUT2D eigenvalue weighted by molar-refractivity contribution is 7.18. The van der Waals surface area contributed by atoms with Gasteiger partial charge in [-0.3, -0.25) is 0 Å². The molecule has 3 aromatic rings. The first kappa shape index (κ1) is 12.8. The second kappa shape index (κ2) is 6.28. The van der Waals surface area contributed by atoms with E-state index in [4.69, 9.17) is 0 Å². The minimum absolute atomic E-state index is 1.01. The molecule has 4 heteroatoms. The standard InChI is InChI=1S/C15H16N2S2/c1-2-6-14-13(5-1)17-15(19-14)8-10-16-9-7-12-4-3-11-18-12/h1-6,11,16H,7-10H2. The predicted molar refractivity (Wildman–Crippen MR) is 84.2 cm³/mol. The van der Waals surface area contributed by atoms with Crippen molar-refractivity contribution in [3.63, 3.8) is 0 Å². The number of nitrogens with zero attached hydrogens (tertiary/aromatic N) is 1. The third-order valence-corrected chi connectivity index (χ3v) is 5.01. The van der Waals surface area contributed by atoms with Crippen molar-refractivity contribution in [1.29, 1.82) is 0 Å². The van der Waals surface area contributed by atoms with Crippen LogP contribution in [0, 0.1) is 0 Å². The lowest BCUT2D eigenvalue weighted by atomic mass is 10.3. The van der Waals surface area contributed by atoms with E-state index in [9.17, 15) is 0 Å². The van der Waals surface area contributed by atoms with Gasteiger partial charge in [-0.15, -0.1) is 22.7 Å². The molecular formula is C15H16N2S2. The molecule has 98 valence electrons. The van der Waals surface area contributed by atoms with Gasteiger partial charge in [-0.1, -0.05) is 18.2 Å². The summed E-state index contributed by atoms with van der Waals surface area (Å²) < 4.78 is 1.29. The van der Waals surface area contributed by atoms with Crippen LogP contribution in [0.2, 0.25) is 0 Å². The van der Waals surface area contributed by atoms with Crippen molar-refractivity contribution in [1.82, 2.24) is 10.3 Å². The number of hydrogen-bond acceptors (Lipinski definition) is 4. The first-order valence-corrected chi connectivity index (χ1v) is 8.19. The van der Waals surface area contributed by atoms with E-state index in [-0.39, 0.29) is 0 Å². The van der Waals surface area contributed by atoms with Gasteiger partial charge in [0.15, 0.2) is 0 Å². The van der Waals surface area contributed by atoms with Crippen LogP contribution in [-0.4, -0.2) is 18.1 Å². The quantitative estimate of drug-likeness (QED) is 0.699. The topological polar surface area (TPSA) is 24.9 Å². The van der Waals surface area contributed by atoms with Gasteiger partial charge >= 0.3 is 0 Å². The monoisotopic (exact) mass is 288 g/mol. The fourth-order valence-electron chi connectivity index (χ4n) is 2.01. The lowest BCUT2D eigenvalue weighted by Gasteiger charge is -2.01. The Kier molecular flexibility index (Phi) is 4.23. The number of thiazole rings is 1. The Morgan fingerprint density at radius 1 is 1.00 bits per heavy atom. The molecule has 0 amide bonds. The first-order chi connectivity index (χ1) is 9.42. The second-order valence-electron chi connectivity index (χ2n) is 4.40. The van der Waals surface area contributed by atoms with Crippen LogP contribution >= 0.6 is 22.7 Å². The van der Waals surface area contributed by atoms with Gasteiger partial charge in [0.25, 0.3) is 0 Å². The molecule has 2 nitrogen and oxygen atoms in total. The average Bonchev–Trinajstić information content (AvgIpc) is 3.06. The van der Waals surface area contributed by atoms with Crippen LogP contribution in [0.25, 0.3) is 10.2 Å². The van der Waals surface area contributed by atoms with E-state index in [1.54, 1.807) is 11.3 Å². The van der Waals surface area contributed by atoms with E-state index in [1.165, 1.54) is 14.6 Å². The Morgan fingerprint density at radius 2 is 1.89 bits per heavy atom. The Bertz CT molecular complexity index is 595. The highest BCUT2D eigenvalue weighted by Crippen LogP contribution is 2.21. The molecule has 19 heavy (non-hydrogen) atoms. The number of aromatic nitrogens is 1. The van der Waals surface area contributed by atoms with Gasteiger partial charge in [-0.2, -0.15) is 0 Å². The van der Waals surface area contributed by atoms with E-state index < -0.39 is 0 Å². The first-order valence-electron chi connectivity index (χ1n) is 6.49. The fourth-order valence-corrected chi connectivity index (χ4v) is 3.69. The molecule has 0 radical (unpaired) electrons. The zero-order valence-electron chi connectivity index (χ0n) is 10.6. The van der Waals surface area contributed by atoms with Crippen LogP contribution in [0.15, 0.2) is 41.8 Å². The average molecular weight is 288 g/mol. The molecule has 1 aromatic carbocycles. The summed E-state index contributed by atoms with van der Waals surface area (Å²) in [5, 5.41) is 6.85. The van der Waals surface area contributed by atoms with Crippen molar-refractivity contribution in [2.75, 3.05) is 13.1 Å². The fraction of sp³-hybridized carbons (Fsp3) is 0.267. The van der Waals surface area contributed by atoms with Crippen LogP contribution in [-0.2, 0) is 12.8 Å². The van der Waals surface area contributed by atoms with Crippen LogP contribution in [0.3, 0.4) is 0 Å². The Morgan fingerprint density at radius 3 is 2.74 bits per heavy atom. The molecule has 0 spiro atoms. The molecule has 1 N–H and O–H groups in total. The van der Waals surface area contributed by atoms with E-state index in [0.29, 0.717) is 0 Å². The smallest absolute Gasteiger partial charge is 0.0951 e. The van der Waals surface area contributed by atoms with Crippen LogP contribution in [0.1, 0.15) is 9.88 Å². The molecule has 0 fully saturated rings. The Hall–Kier alpha value is -1.23. The van der Waals surface area contributed by atoms with E-state index in [2.05, 4.69) is 46.0 Å². The summed E-state index contributed by atoms with van der Waals surface area (Å²) in [6.45, 7) is 2.05. The molecule has 2 aromatic heterocycles. The van der Waals surface area contributed by atoms with Crippen molar-refractivity contribution >= 4 is 32.9 Å². The van der Waals surface area contributed by atoms with E-state index in [1.807, 2.05) is 17.4 Å². The molecular weight excluding hydrogens is 272 g/mol. The number of hydrogen-bond donors (Lipinski definition) is 1. The Labute approximate surface area is 121 Å². The maximum atomic E-state index is 4.64. The normalized spacial score (nSPS) is 11.2. The molecule has 0 aliphatic carbocycles. The van der Waals surface area contributed by atoms with Gasteiger partial charge < -0.3 is 5.32 Å². The third kappa shape index (κ3) is 3.41. The van der Waals surface area contributed by atoms with Gasteiger partial charge in [-0.25, -0.2) is 4.98 Å². The zero-order valence-corrected chi connectivity index (χ0v) is 12.3. The van der Waals surface area contributed by atoms with Crippen molar-refractivity contribution in [2.45, 2.75) is 12.8 Å². The van der Waals surface area contributed by atoms with Gasteiger partial charge in [0.1, 0.15) is 0 Å². The highest BCUT2D eigenvalue weighted by atomic mass is 32.1. The van der Waals surface area contributed by atoms with Crippen LogP contribution in [0.5, 0.6) is 0 Å². The van der Waals surface area contributed by atoms with Crippen molar-refractivity contribution < 1.29 is 0 Å². The van der Waals surface area contributed by atoms with Crippen molar-refractivity contribution in [3.05, 3.63) is 51.7 Å². The molecule has 0 unspecified atom stereocenters. The zero-order chi connectivity index (χ0) is 12.9. The summed E-state index contributed by atoms with van der Waals surface area (Å²) in [5.74, 6) is 0. The van der Waals surface area contributed by atoms with Gasteiger partial charge in [0, 0.05) is 17.8 Å². The summed E-state index contributed by atoms with van der Waals surface area (Å²) in [5.41, 5.74) is 1.13. The van der Waals surface area contributed by atoms with Crippen molar-refractivity contribution in [3.8, 4) is 0 Å². The summed E-state index contributed by atoms with van der Waals surface area (Å²) in [7, 11) is 0. The minimum Gasteiger partial charge on any atom is -0.316 e. The molecule has 0 saturated heterocycles. The predicted octanol–water partition coefficient (Wildman–Crippen LogP) is 3.73. The third-order valence-electron chi connectivity index (χ3n) is 2.98. The molecule has 0 aliphatic rings. The van der Waals surface area contributed by atoms with Gasteiger partial charge in [-0.05, 0) is 36.5 Å². The van der Waals surface area contributed by atoms with Crippen molar-refractivity contribution in [2.24, 2.45) is 0 Å². The van der Waals surface area contributed by atoms with Gasteiger partial charge in [0.05, 0.1) is 15.2 Å². The second-order valence-corrected chi connectivity index (χ2v) is 6.55. The number of benzene rings is 1. The number of thiophene rings is 1. The molecule has 2 heterocycles. The van der Waals surface area contributed by atoms with E-state index in [0.717, 1.165) is 31.4 Å². The number of rotatable bonds is 6. The largest absolute Gasteiger partial charge is 0.316 e. The maximum Gasteiger partial charge on any atom is 0.0951 e. The lowest BCUT2D eigenvalue weighted by molar-refractivity contribution is 0.684. The molecule has 0 bridgehead atoms. The molecule has 0 aliphatic heterocycles. The summed E-state index contributed by atoms with van der Waals surface area (Å²) >= 11 is 3.63. The Balaban J connectivity index is 1.44. The maximum absolute atomic E-state index is 4.64. The molecule has 0 saturated carbocycles. The summed E-state index contributed by atoms with van der Waals surface area (Å²) in [6, 6.07) is 12.6. The summed E-state index contributed by atoms with van der Waals surface area (Å²) in [4.78, 5) is 6.09. The molecule has 3 rings (SSSR count). The van der Waals surface area contributed by atoms with Gasteiger partial charge in [0.2, 0.25) is 0 Å². The number of fused-ring (bicyclic) bond motifs is 1.